The van der Waals surface area contributed by atoms with Crippen LogP contribution in [0.25, 0.3) is 0 Å². The second-order valence-electron chi connectivity index (χ2n) is 4.40. The van der Waals surface area contributed by atoms with Crippen LogP contribution >= 0.6 is 0 Å². The summed E-state index contributed by atoms with van der Waals surface area (Å²) in [5, 5.41) is 2.87. The Bertz CT molecular complexity index is 497. The van der Waals surface area contributed by atoms with E-state index in [2.05, 4.69) is 15.3 Å². The zero-order chi connectivity index (χ0) is 14.0. The second-order valence-corrected chi connectivity index (χ2v) is 4.40. The Balaban J connectivity index is 1.52. The summed E-state index contributed by atoms with van der Waals surface area (Å²) in [4.78, 5) is 18.7. The Morgan fingerprint density at radius 1 is 1.30 bits per heavy atom. The number of amides is 1. The van der Waals surface area contributed by atoms with Crippen LogP contribution in [-0.2, 0) is 11.2 Å². The number of para-hydroxylation sites is 1. The van der Waals surface area contributed by atoms with E-state index in [1.54, 1.807) is 12.4 Å². The first-order valence-electron chi connectivity index (χ1n) is 6.77. The smallest absolute Gasteiger partial charge is 0.223 e. The van der Waals surface area contributed by atoms with Gasteiger partial charge in [0.25, 0.3) is 0 Å². The number of carbonyl (C=O) groups is 1. The van der Waals surface area contributed by atoms with Gasteiger partial charge in [-0.15, -0.1) is 0 Å². The predicted molar refractivity (Wildman–Crippen MR) is 76.5 cm³/mol. The normalized spacial score (nSPS) is 10.2. The topological polar surface area (TPSA) is 67.0 Å². The molecule has 0 aliphatic heterocycles. The lowest BCUT2D eigenvalue weighted by molar-refractivity contribution is -0.121. The molecule has 106 valence electrons. The van der Waals surface area contributed by atoms with Crippen LogP contribution in [0.2, 0.25) is 0 Å². The number of carbonyl (C=O) groups excluding carboxylic acids is 1. The van der Waals surface area contributed by atoms with E-state index in [-0.39, 0.29) is 5.91 Å². The number of nitrogens with one attached hydrogen (secondary N) is 2. The summed E-state index contributed by atoms with van der Waals surface area (Å²) in [7, 11) is 0. The number of nitrogens with zero attached hydrogens (tertiary/aromatic N) is 1. The number of aryl methyl sites for hydroxylation is 1. The average Bonchev–Trinajstić information content (AvgIpc) is 2.98. The van der Waals surface area contributed by atoms with Gasteiger partial charge in [-0.3, -0.25) is 4.79 Å². The van der Waals surface area contributed by atoms with E-state index >= 15 is 0 Å². The van der Waals surface area contributed by atoms with E-state index < -0.39 is 0 Å². The number of ether oxygens (including phenoxy) is 1. The van der Waals surface area contributed by atoms with E-state index in [1.165, 1.54) is 0 Å². The molecule has 1 aromatic carbocycles. The molecule has 0 saturated heterocycles. The summed E-state index contributed by atoms with van der Waals surface area (Å²) in [6.07, 6.45) is 5.62. The van der Waals surface area contributed by atoms with Crippen molar-refractivity contribution in [2.24, 2.45) is 0 Å². The molecular formula is C15H19N3O2. The summed E-state index contributed by atoms with van der Waals surface area (Å²) in [6.45, 7) is 1.05. The Labute approximate surface area is 118 Å². The molecule has 1 aromatic heterocycles. The van der Waals surface area contributed by atoms with Crippen molar-refractivity contribution in [2.45, 2.75) is 19.3 Å². The Morgan fingerprint density at radius 2 is 2.15 bits per heavy atom. The number of benzene rings is 1. The third kappa shape index (κ3) is 5.14. The average molecular weight is 273 g/mol. The lowest BCUT2D eigenvalue weighted by atomic mass is 10.3. The predicted octanol–water partition coefficient (Wildman–Crippen LogP) is 1.93. The van der Waals surface area contributed by atoms with Gasteiger partial charge in [0.1, 0.15) is 11.6 Å². The maximum atomic E-state index is 11.6. The molecule has 0 unspecified atom stereocenters. The maximum absolute atomic E-state index is 11.6. The highest BCUT2D eigenvalue weighted by Gasteiger charge is 2.02. The molecule has 0 radical (unpaired) electrons. The number of imidazole rings is 1. The standard InChI is InChI=1S/C15H19N3O2/c19-15(8-12-20-13-5-2-1-3-6-13)18-9-4-7-14-16-10-11-17-14/h1-3,5-6,10-11H,4,7-9,12H2,(H,16,17)(H,18,19). The Hall–Kier alpha value is -2.30. The first-order valence-corrected chi connectivity index (χ1v) is 6.77. The highest BCUT2D eigenvalue weighted by atomic mass is 16.5. The van der Waals surface area contributed by atoms with E-state index in [1.807, 2.05) is 30.3 Å². The summed E-state index contributed by atoms with van der Waals surface area (Å²) in [6, 6.07) is 9.50. The Kier molecular flexibility index (Phi) is 5.64. The third-order valence-corrected chi connectivity index (χ3v) is 2.81. The summed E-state index contributed by atoms with van der Waals surface area (Å²) >= 11 is 0. The highest BCUT2D eigenvalue weighted by Crippen LogP contribution is 2.08. The van der Waals surface area contributed by atoms with Gasteiger partial charge < -0.3 is 15.0 Å². The van der Waals surface area contributed by atoms with Crippen LogP contribution in [0.15, 0.2) is 42.7 Å². The zero-order valence-electron chi connectivity index (χ0n) is 11.3. The molecule has 2 rings (SSSR count). The van der Waals surface area contributed by atoms with Crippen molar-refractivity contribution in [2.75, 3.05) is 13.2 Å². The lowest BCUT2D eigenvalue weighted by Gasteiger charge is -2.06. The molecule has 0 spiro atoms. The van der Waals surface area contributed by atoms with E-state index in [4.69, 9.17) is 4.74 Å². The molecule has 0 aliphatic carbocycles. The molecule has 1 amide bonds. The van der Waals surface area contributed by atoms with Crippen molar-refractivity contribution in [1.82, 2.24) is 15.3 Å². The second kappa shape index (κ2) is 7.99. The van der Waals surface area contributed by atoms with Gasteiger partial charge in [0.05, 0.1) is 13.0 Å². The molecule has 1 heterocycles. The van der Waals surface area contributed by atoms with Gasteiger partial charge in [0.15, 0.2) is 0 Å². The summed E-state index contributed by atoms with van der Waals surface area (Å²) in [5.41, 5.74) is 0. The lowest BCUT2D eigenvalue weighted by Crippen LogP contribution is -2.26. The fraction of sp³-hybridized carbons (Fsp3) is 0.333. The number of aromatic amines is 1. The van der Waals surface area contributed by atoms with Gasteiger partial charge in [-0.25, -0.2) is 4.98 Å². The molecule has 0 saturated carbocycles. The fourth-order valence-corrected chi connectivity index (χ4v) is 1.79. The van der Waals surface area contributed by atoms with Crippen LogP contribution in [-0.4, -0.2) is 29.0 Å². The van der Waals surface area contributed by atoms with Gasteiger partial charge in [-0.05, 0) is 18.6 Å². The van der Waals surface area contributed by atoms with Gasteiger partial charge in [0.2, 0.25) is 5.91 Å². The van der Waals surface area contributed by atoms with Gasteiger partial charge in [-0.2, -0.15) is 0 Å². The number of aromatic nitrogens is 2. The van der Waals surface area contributed by atoms with Crippen molar-refractivity contribution in [3.8, 4) is 5.75 Å². The first-order chi connectivity index (χ1) is 9.84. The molecule has 2 aromatic rings. The van der Waals surface area contributed by atoms with Crippen LogP contribution in [0.1, 0.15) is 18.7 Å². The van der Waals surface area contributed by atoms with Gasteiger partial charge >= 0.3 is 0 Å². The molecule has 5 heteroatoms. The fourth-order valence-electron chi connectivity index (χ4n) is 1.79. The van der Waals surface area contributed by atoms with Crippen molar-refractivity contribution in [1.29, 1.82) is 0 Å². The van der Waals surface area contributed by atoms with Crippen molar-refractivity contribution >= 4 is 5.91 Å². The minimum Gasteiger partial charge on any atom is -0.493 e. The van der Waals surface area contributed by atoms with Crippen molar-refractivity contribution < 1.29 is 9.53 Å². The Morgan fingerprint density at radius 3 is 2.90 bits per heavy atom. The minimum atomic E-state index is 0.0142. The molecule has 0 bridgehead atoms. The number of H-pyrrole nitrogens is 1. The molecule has 20 heavy (non-hydrogen) atoms. The van der Waals surface area contributed by atoms with Crippen LogP contribution < -0.4 is 10.1 Å². The number of hydrogen-bond donors (Lipinski definition) is 2. The third-order valence-electron chi connectivity index (χ3n) is 2.81. The van der Waals surface area contributed by atoms with E-state index in [9.17, 15) is 4.79 Å². The summed E-state index contributed by atoms with van der Waals surface area (Å²) in [5.74, 6) is 1.75. The highest BCUT2D eigenvalue weighted by molar-refractivity contribution is 5.75. The van der Waals surface area contributed by atoms with Crippen LogP contribution in [0.5, 0.6) is 5.75 Å². The monoisotopic (exact) mass is 273 g/mol. The molecule has 0 fully saturated rings. The maximum Gasteiger partial charge on any atom is 0.223 e. The van der Waals surface area contributed by atoms with Crippen LogP contribution in [0.3, 0.4) is 0 Å². The van der Waals surface area contributed by atoms with Crippen LogP contribution in [0.4, 0.5) is 0 Å². The van der Waals surface area contributed by atoms with Crippen molar-refractivity contribution in [3.05, 3.63) is 48.5 Å². The SMILES string of the molecule is O=C(CCOc1ccccc1)NCCCc1ncc[nH]1. The van der Waals surface area contributed by atoms with Gasteiger partial charge in [-0.1, -0.05) is 18.2 Å². The quantitative estimate of drug-likeness (QED) is 0.722. The molecule has 2 N–H and O–H groups in total. The zero-order valence-corrected chi connectivity index (χ0v) is 11.3. The van der Waals surface area contributed by atoms with Crippen LogP contribution in [0, 0.1) is 0 Å². The molecular weight excluding hydrogens is 254 g/mol. The molecule has 0 atom stereocenters. The summed E-state index contributed by atoms with van der Waals surface area (Å²) < 4.78 is 5.47. The number of rotatable bonds is 8. The van der Waals surface area contributed by atoms with E-state index in [0.717, 1.165) is 24.4 Å². The van der Waals surface area contributed by atoms with Crippen molar-refractivity contribution in [3.63, 3.8) is 0 Å². The number of hydrogen-bond acceptors (Lipinski definition) is 3. The van der Waals surface area contributed by atoms with E-state index in [0.29, 0.717) is 19.6 Å². The van der Waals surface area contributed by atoms with Gasteiger partial charge in [0, 0.05) is 25.4 Å². The largest absolute Gasteiger partial charge is 0.493 e. The minimum absolute atomic E-state index is 0.0142. The first kappa shape index (κ1) is 14.1. The molecule has 0 aliphatic rings. The molecule has 5 nitrogen and oxygen atoms in total.